The lowest BCUT2D eigenvalue weighted by atomic mass is 10.3. The van der Waals surface area contributed by atoms with E-state index in [0.717, 1.165) is 5.69 Å². The Morgan fingerprint density at radius 3 is 2.50 bits per heavy atom. The van der Waals surface area contributed by atoms with Crippen LogP contribution in [0.15, 0.2) is 42.6 Å². The SMILES string of the molecule is C/C=C\Nc1ccccc1. The van der Waals surface area contributed by atoms with Crippen molar-refractivity contribution in [2.75, 3.05) is 5.32 Å². The second-order valence-electron chi connectivity index (χ2n) is 2.01. The molecule has 0 amide bonds. The first-order valence-corrected chi connectivity index (χ1v) is 3.36. The van der Waals surface area contributed by atoms with E-state index in [1.165, 1.54) is 0 Å². The van der Waals surface area contributed by atoms with E-state index in [9.17, 15) is 0 Å². The molecule has 0 atom stereocenters. The standard InChI is InChI=1S/C9H11N/c1-2-8-10-9-6-4-3-5-7-9/h2-8,10H,1H3/b8-2-. The summed E-state index contributed by atoms with van der Waals surface area (Å²) in [6, 6.07) is 10.1. The summed E-state index contributed by atoms with van der Waals surface area (Å²) in [4.78, 5) is 0. The molecule has 1 rings (SSSR count). The Balaban J connectivity index is 2.59. The average Bonchev–Trinajstić information content (AvgIpc) is 2.03. The topological polar surface area (TPSA) is 12.0 Å². The molecule has 1 nitrogen and oxygen atoms in total. The third kappa shape index (κ3) is 1.94. The lowest BCUT2D eigenvalue weighted by Crippen LogP contribution is -1.83. The maximum atomic E-state index is 3.11. The first kappa shape index (κ1) is 6.87. The minimum absolute atomic E-state index is 1.13. The Labute approximate surface area is 61.4 Å². The molecule has 0 bridgehead atoms. The molecule has 52 valence electrons. The van der Waals surface area contributed by atoms with Gasteiger partial charge >= 0.3 is 0 Å². The van der Waals surface area contributed by atoms with E-state index in [-0.39, 0.29) is 0 Å². The van der Waals surface area contributed by atoms with Crippen molar-refractivity contribution in [2.24, 2.45) is 0 Å². The van der Waals surface area contributed by atoms with Gasteiger partial charge in [0.25, 0.3) is 0 Å². The van der Waals surface area contributed by atoms with Gasteiger partial charge in [-0.1, -0.05) is 24.3 Å². The highest BCUT2D eigenvalue weighted by atomic mass is 14.8. The quantitative estimate of drug-likeness (QED) is 0.654. The molecule has 0 unspecified atom stereocenters. The van der Waals surface area contributed by atoms with E-state index in [0.29, 0.717) is 0 Å². The molecule has 10 heavy (non-hydrogen) atoms. The monoisotopic (exact) mass is 133 g/mol. The van der Waals surface area contributed by atoms with Crippen molar-refractivity contribution >= 4 is 5.69 Å². The van der Waals surface area contributed by atoms with Gasteiger partial charge in [-0.15, -0.1) is 0 Å². The molecule has 1 N–H and O–H groups in total. The van der Waals surface area contributed by atoms with E-state index >= 15 is 0 Å². The Kier molecular flexibility index (Phi) is 2.56. The molecule has 0 aliphatic carbocycles. The third-order valence-electron chi connectivity index (χ3n) is 1.19. The van der Waals surface area contributed by atoms with Gasteiger partial charge in [0.05, 0.1) is 0 Å². The second-order valence-corrected chi connectivity index (χ2v) is 2.01. The minimum atomic E-state index is 1.13. The van der Waals surface area contributed by atoms with E-state index in [1.54, 1.807) is 0 Å². The molecular formula is C9H11N. The lowest BCUT2D eigenvalue weighted by Gasteiger charge is -1.96. The summed E-state index contributed by atoms with van der Waals surface area (Å²) in [7, 11) is 0. The molecule has 1 aromatic rings. The van der Waals surface area contributed by atoms with Crippen LogP contribution in [0.2, 0.25) is 0 Å². The number of benzene rings is 1. The van der Waals surface area contributed by atoms with E-state index in [2.05, 4.69) is 5.32 Å². The normalized spacial score (nSPS) is 10.1. The van der Waals surface area contributed by atoms with Gasteiger partial charge in [-0.2, -0.15) is 0 Å². The predicted molar refractivity (Wildman–Crippen MR) is 44.9 cm³/mol. The van der Waals surface area contributed by atoms with Crippen LogP contribution < -0.4 is 5.32 Å². The van der Waals surface area contributed by atoms with Gasteiger partial charge in [-0.05, 0) is 25.3 Å². The number of hydrogen-bond donors (Lipinski definition) is 1. The van der Waals surface area contributed by atoms with Crippen molar-refractivity contribution in [3.05, 3.63) is 42.6 Å². The number of para-hydroxylation sites is 1. The first-order valence-electron chi connectivity index (χ1n) is 3.36. The van der Waals surface area contributed by atoms with Crippen molar-refractivity contribution in [2.45, 2.75) is 6.92 Å². The molecular weight excluding hydrogens is 122 g/mol. The molecule has 1 heteroatoms. The molecule has 1 aromatic carbocycles. The Bertz CT molecular complexity index is 201. The summed E-state index contributed by atoms with van der Waals surface area (Å²) in [5, 5.41) is 3.11. The van der Waals surface area contributed by atoms with Crippen molar-refractivity contribution in [1.29, 1.82) is 0 Å². The number of nitrogens with one attached hydrogen (secondary N) is 1. The van der Waals surface area contributed by atoms with Gasteiger partial charge in [-0.25, -0.2) is 0 Å². The molecule has 0 radical (unpaired) electrons. The first-order chi connectivity index (χ1) is 4.93. The average molecular weight is 133 g/mol. The van der Waals surface area contributed by atoms with Crippen LogP contribution in [-0.4, -0.2) is 0 Å². The molecule has 0 saturated carbocycles. The fourth-order valence-electron chi connectivity index (χ4n) is 0.714. The highest BCUT2D eigenvalue weighted by Gasteiger charge is 1.80. The number of allylic oxidation sites excluding steroid dienone is 1. The van der Waals surface area contributed by atoms with Gasteiger partial charge in [0, 0.05) is 5.69 Å². The van der Waals surface area contributed by atoms with Crippen LogP contribution in [0.1, 0.15) is 6.92 Å². The van der Waals surface area contributed by atoms with Crippen LogP contribution in [0, 0.1) is 0 Å². The minimum Gasteiger partial charge on any atom is -0.362 e. The fraction of sp³-hybridized carbons (Fsp3) is 0.111. The third-order valence-corrected chi connectivity index (χ3v) is 1.19. The van der Waals surface area contributed by atoms with Crippen LogP contribution >= 0.6 is 0 Å². The zero-order chi connectivity index (χ0) is 7.23. The molecule has 0 aliphatic heterocycles. The van der Waals surface area contributed by atoms with Gasteiger partial charge in [0.1, 0.15) is 0 Å². The van der Waals surface area contributed by atoms with E-state index in [4.69, 9.17) is 0 Å². The Morgan fingerprint density at radius 2 is 1.90 bits per heavy atom. The van der Waals surface area contributed by atoms with Crippen molar-refractivity contribution in [3.63, 3.8) is 0 Å². The molecule has 0 saturated heterocycles. The highest BCUT2D eigenvalue weighted by Crippen LogP contribution is 2.03. The maximum Gasteiger partial charge on any atom is 0.0379 e. The van der Waals surface area contributed by atoms with Gasteiger partial charge < -0.3 is 5.32 Å². The van der Waals surface area contributed by atoms with Gasteiger partial charge in [0.2, 0.25) is 0 Å². The number of hydrogen-bond acceptors (Lipinski definition) is 1. The summed E-state index contributed by atoms with van der Waals surface area (Å²) in [6.07, 6.45) is 3.88. The zero-order valence-corrected chi connectivity index (χ0v) is 6.04. The molecule has 0 aromatic heterocycles. The second kappa shape index (κ2) is 3.72. The smallest absolute Gasteiger partial charge is 0.0379 e. The summed E-state index contributed by atoms with van der Waals surface area (Å²) >= 11 is 0. The molecule has 0 aliphatic rings. The van der Waals surface area contributed by atoms with Crippen LogP contribution in [0.5, 0.6) is 0 Å². The van der Waals surface area contributed by atoms with E-state index < -0.39 is 0 Å². The van der Waals surface area contributed by atoms with Crippen LogP contribution in [0.4, 0.5) is 5.69 Å². The number of rotatable bonds is 2. The highest BCUT2D eigenvalue weighted by molar-refractivity contribution is 5.44. The Hall–Kier alpha value is -1.24. The predicted octanol–water partition coefficient (Wildman–Crippen LogP) is 2.63. The van der Waals surface area contributed by atoms with E-state index in [1.807, 2.05) is 49.5 Å². The largest absolute Gasteiger partial charge is 0.362 e. The van der Waals surface area contributed by atoms with Crippen molar-refractivity contribution < 1.29 is 0 Å². The van der Waals surface area contributed by atoms with Gasteiger partial charge in [-0.3, -0.25) is 0 Å². The summed E-state index contributed by atoms with van der Waals surface area (Å²) < 4.78 is 0. The summed E-state index contributed by atoms with van der Waals surface area (Å²) in [5.74, 6) is 0. The van der Waals surface area contributed by atoms with Crippen molar-refractivity contribution in [1.82, 2.24) is 0 Å². The number of anilines is 1. The van der Waals surface area contributed by atoms with Crippen LogP contribution in [0.25, 0.3) is 0 Å². The zero-order valence-electron chi connectivity index (χ0n) is 6.04. The lowest BCUT2D eigenvalue weighted by molar-refractivity contribution is 1.56. The molecule has 0 heterocycles. The fourth-order valence-corrected chi connectivity index (χ4v) is 0.714. The Morgan fingerprint density at radius 1 is 1.20 bits per heavy atom. The van der Waals surface area contributed by atoms with Gasteiger partial charge in [0.15, 0.2) is 0 Å². The maximum absolute atomic E-state index is 3.11. The van der Waals surface area contributed by atoms with Crippen LogP contribution in [0.3, 0.4) is 0 Å². The molecule has 0 fully saturated rings. The van der Waals surface area contributed by atoms with Crippen molar-refractivity contribution in [3.8, 4) is 0 Å². The summed E-state index contributed by atoms with van der Waals surface area (Å²) in [6.45, 7) is 1.98. The molecule has 0 spiro atoms. The van der Waals surface area contributed by atoms with Crippen LogP contribution in [-0.2, 0) is 0 Å². The summed E-state index contributed by atoms with van der Waals surface area (Å²) in [5.41, 5.74) is 1.13.